The van der Waals surface area contributed by atoms with Crippen LogP contribution in [0.1, 0.15) is 65.8 Å². The largest absolute Gasteiger partial charge is 0.433 e. The van der Waals surface area contributed by atoms with Crippen molar-refractivity contribution in [2.45, 2.75) is 63.1 Å². The molecule has 0 radical (unpaired) electrons. The summed E-state index contributed by atoms with van der Waals surface area (Å²) >= 11 is 0. The third kappa shape index (κ3) is 6.27. The minimum absolute atomic E-state index is 0.0335. The minimum atomic E-state index is -5.19. The molecule has 0 aliphatic carbocycles. The molecule has 0 saturated carbocycles. The average molecular weight is 592 g/mol. The van der Waals surface area contributed by atoms with Crippen molar-refractivity contribution in [3.8, 4) is 0 Å². The molecular weight excluding hydrogens is 568 g/mol. The Balaban J connectivity index is 1.67. The van der Waals surface area contributed by atoms with Gasteiger partial charge in [-0.25, -0.2) is 8.78 Å². The molecule has 2 N–H and O–H groups in total. The molecule has 3 amide bonds. The predicted octanol–water partition coefficient (Wildman–Crippen LogP) is 4.77. The average Bonchev–Trinajstić information content (AvgIpc) is 3.53. The number of carbonyl (C=O) groups excluding carboxylic acids is 3. The summed E-state index contributed by atoms with van der Waals surface area (Å²) in [7, 11) is 0. The number of halogens is 8. The van der Waals surface area contributed by atoms with Crippen molar-refractivity contribution in [2.75, 3.05) is 6.54 Å². The number of likely N-dealkylation sites (tertiary alicyclic amines) is 1. The monoisotopic (exact) mass is 592 g/mol. The molecule has 3 heterocycles. The van der Waals surface area contributed by atoms with Crippen molar-refractivity contribution in [3.63, 3.8) is 0 Å². The van der Waals surface area contributed by atoms with Gasteiger partial charge in [-0.3, -0.25) is 19.4 Å². The van der Waals surface area contributed by atoms with Crippen LogP contribution in [0.4, 0.5) is 35.1 Å². The Hall–Kier alpha value is -3.78. The molecule has 222 valence electrons. The number of rotatable bonds is 6. The van der Waals surface area contributed by atoms with Gasteiger partial charge in [0.1, 0.15) is 23.4 Å². The van der Waals surface area contributed by atoms with Crippen LogP contribution in [0.2, 0.25) is 0 Å². The Labute approximate surface area is 228 Å². The van der Waals surface area contributed by atoms with Gasteiger partial charge >= 0.3 is 12.4 Å². The first-order valence-electron chi connectivity index (χ1n) is 12.6. The van der Waals surface area contributed by atoms with Crippen molar-refractivity contribution in [2.24, 2.45) is 5.92 Å². The zero-order chi connectivity index (χ0) is 30.3. The van der Waals surface area contributed by atoms with E-state index >= 15 is 0 Å². The lowest BCUT2D eigenvalue weighted by Crippen LogP contribution is -2.50. The van der Waals surface area contributed by atoms with E-state index in [-0.39, 0.29) is 31.0 Å². The number of nitrogens with one attached hydrogen (secondary N) is 2. The van der Waals surface area contributed by atoms with E-state index in [0.717, 1.165) is 17.2 Å². The van der Waals surface area contributed by atoms with Gasteiger partial charge in [0, 0.05) is 42.2 Å². The van der Waals surface area contributed by atoms with Gasteiger partial charge in [-0.2, -0.15) is 26.3 Å². The van der Waals surface area contributed by atoms with Gasteiger partial charge in [0.25, 0.3) is 5.91 Å². The Bertz CT molecular complexity index is 1350. The summed E-state index contributed by atoms with van der Waals surface area (Å²) in [6.07, 6.45) is -8.74. The molecule has 0 spiro atoms. The lowest BCUT2D eigenvalue weighted by molar-refractivity contribution is -0.141. The fourth-order valence-corrected chi connectivity index (χ4v) is 5.30. The van der Waals surface area contributed by atoms with Crippen LogP contribution >= 0.6 is 0 Å². The quantitative estimate of drug-likeness (QED) is 0.473. The molecule has 15 heteroatoms. The molecule has 1 aromatic heterocycles. The molecule has 41 heavy (non-hydrogen) atoms. The van der Waals surface area contributed by atoms with Crippen LogP contribution in [0, 0.1) is 17.6 Å². The normalized spacial score (nSPS) is 22.0. The molecule has 4 rings (SSSR count). The highest BCUT2D eigenvalue weighted by atomic mass is 19.4. The topological polar surface area (TPSA) is 91.4 Å². The van der Waals surface area contributed by atoms with Crippen LogP contribution in [-0.2, 0) is 21.9 Å². The summed E-state index contributed by atoms with van der Waals surface area (Å²) in [5.74, 6) is -6.38. The number of benzene rings is 1. The minimum Gasteiger partial charge on any atom is -0.356 e. The Morgan fingerprint density at radius 1 is 1.07 bits per heavy atom. The van der Waals surface area contributed by atoms with Gasteiger partial charge in [-0.15, -0.1) is 0 Å². The lowest BCUT2D eigenvalue weighted by Gasteiger charge is -2.32. The molecule has 2 unspecified atom stereocenters. The number of hydrogen-bond acceptors (Lipinski definition) is 4. The number of alkyl halides is 6. The van der Waals surface area contributed by atoms with E-state index in [1.165, 1.54) is 0 Å². The lowest BCUT2D eigenvalue weighted by atomic mass is 9.90. The molecule has 2 aliphatic rings. The molecular formula is C26H24F8N4O3. The predicted molar refractivity (Wildman–Crippen MR) is 126 cm³/mol. The van der Waals surface area contributed by atoms with Crippen LogP contribution in [-0.4, -0.2) is 46.2 Å². The Morgan fingerprint density at radius 3 is 2.37 bits per heavy atom. The highest BCUT2D eigenvalue weighted by molar-refractivity contribution is 5.98. The van der Waals surface area contributed by atoms with Gasteiger partial charge in [-0.1, -0.05) is 6.92 Å². The van der Waals surface area contributed by atoms with Crippen LogP contribution in [0.15, 0.2) is 30.5 Å². The van der Waals surface area contributed by atoms with E-state index in [1.54, 1.807) is 6.92 Å². The van der Waals surface area contributed by atoms with Crippen molar-refractivity contribution in [1.82, 2.24) is 20.5 Å². The number of aromatic nitrogens is 1. The summed E-state index contributed by atoms with van der Waals surface area (Å²) < 4.78 is 108. The molecule has 0 bridgehead atoms. The summed E-state index contributed by atoms with van der Waals surface area (Å²) in [4.78, 5) is 43.1. The number of amides is 3. The van der Waals surface area contributed by atoms with Crippen LogP contribution < -0.4 is 10.6 Å². The Morgan fingerprint density at radius 2 is 1.78 bits per heavy atom. The summed E-state index contributed by atoms with van der Waals surface area (Å²) in [6.45, 7) is 1.60. The first-order valence-corrected chi connectivity index (χ1v) is 12.6. The third-order valence-corrected chi connectivity index (χ3v) is 7.31. The van der Waals surface area contributed by atoms with Gasteiger partial charge in [0.05, 0.1) is 11.6 Å². The SMILES string of the molecule is CC[C@@H]1CC[C@H](C(=O)NC(c2cc(F)c(C(F)(F)F)cc2F)C2CNC(=O)C2)N1C(=O)c1ccnc(C(F)(F)F)c1. The van der Waals surface area contributed by atoms with E-state index in [2.05, 4.69) is 15.6 Å². The number of hydrogen-bond donors (Lipinski definition) is 2. The number of carbonyl (C=O) groups is 3. The summed E-state index contributed by atoms with van der Waals surface area (Å²) in [6, 6.07) is -1.35. The second-order valence-corrected chi connectivity index (χ2v) is 9.90. The van der Waals surface area contributed by atoms with Crippen molar-refractivity contribution < 1.29 is 49.5 Å². The smallest absolute Gasteiger partial charge is 0.356 e. The number of pyridine rings is 1. The van der Waals surface area contributed by atoms with Gasteiger partial charge < -0.3 is 15.5 Å². The maximum Gasteiger partial charge on any atom is 0.433 e. The van der Waals surface area contributed by atoms with Crippen molar-refractivity contribution in [3.05, 3.63) is 64.5 Å². The zero-order valence-corrected chi connectivity index (χ0v) is 21.4. The molecule has 1 aromatic carbocycles. The van der Waals surface area contributed by atoms with Crippen molar-refractivity contribution in [1.29, 1.82) is 0 Å². The maximum absolute atomic E-state index is 15.0. The van der Waals surface area contributed by atoms with Gasteiger partial charge in [0.2, 0.25) is 11.8 Å². The van der Waals surface area contributed by atoms with E-state index in [9.17, 15) is 49.5 Å². The van der Waals surface area contributed by atoms with Crippen LogP contribution in [0.3, 0.4) is 0 Å². The molecule has 7 nitrogen and oxygen atoms in total. The fourth-order valence-electron chi connectivity index (χ4n) is 5.30. The van der Waals surface area contributed by atoms with Crippen LogP contribution in [0.25, 0.3) is 0 Å². The fraction of sp³-hybridized carbons (Fsp3) is 0.462. The van der Waals surface area contributed by atoms with E-state index in [1.807, 2.05) is 0 Å². The molecule has 2 saturated heterocycles. The van der Waals surface area contributed by atoms with Gasteiger partial charge in [-0.05, 0) is 43.5 Å². The zero-order valence-electron chi connectivity index (χ0n) is 21.4. The van der Waals surface area contributed by atoms with E-state index in [4.69, 9.17) is 0 Å². The molecule has 4 atom stereocenters. The van der Waals surface area contributed by atoms with E-state index in [0.29, 0.717) is 25.0 Å². The standard InChI is InChI=1S/C26H24F8N4O3/c1-2-14-3-4-19(38(14)24(41)12-5-6-35-20(7-12)26(32,33)34)23(40)37-22(13-8-21(39)36-11-13)15-9-18(28)16(10-17(15)27)25(29,30)31/h5-7,9-10,13-14,19,22H,2-4,8,11H2,1H3,(H,36,39)(H,37,40)/t13?,14-,19-,22?/m1/s1. The first-order chi connectivity index (χ1) is 19.1. The van der Waals surface area contributed by atoms with Gasteiger partial charge in [0.15, 0.2) is 0 Å². The first kappa shape index (κ1) is 30.2. The molecule has 2 fully saturated rings. The second-order valence-electron chi connectivity index (χ2n) is 9.90. The Kier molecular flexibility index (Phi) is 8.28. The third-order valence-electron chi connectivity index (χ3n) is 7.31. The van der Waals surface area contributed by atoms with E-state index < -0.39 is 82.6 Å². The summed E-state index contributed by atoms with van der Waals surface area (Å²) in [5.41, 5.74) is -4.16. The number of nitrogens with zero attached hydrogens (tertiary/aromatic N) is 2. The van der Waals surface area contributed by atoms with Crippen LogP contribution in [0.5, 0.6) is 0 Å². The highest BCUT2D eigenvalue weighted by Crippen LogP contribution is 2.37. The highest BCUT2D eigenvalue weighted by Gasteiger charge is 2.44. The second kappa shape index (κ2) is 11.2. The molecule has 2 aliphatic heterocycles. The molecule has 2 aromatic rings. The maximum atomic E-state index is 15.0. The van der Waals surface area contributed by atoms with Crippen molar-refractivity contribution >= 4 is 17.7 Å². The summed E-state index contributed by atoms with van der Waals surface area (Å²) in [5, 5.41) is 4.94.